The number of carbonyl (C=O) groups is 2. The average molecular weight is 473 g/mol. The topological polar surface area (TPSA) is 88.1 Å². The monoisotopic (exact) mass is 472 g/mol. The summed E-state index contributed by atoms with van der Waals surface area (Å²) in [4.78, 5) is 26.6. The molecule has 35 heavy (non-hydrogen) atoms. The average Bonchev–Trinajstić information content (AvgIpc) is 3.43. The van der Waals surface area contributed by atoms with E-state index in [-0.39, 0.29) is 38.3 Å². The van der Waals surface area contributed by atoms with Gasteiger partial charge in [0.2, 0.25) is 0 Å². The summed E-state index contributed by atoms with van der Waals surface area (Å²) in [5.74, 6) is -0.0223. The number of fused-ring (bicyclic) bond motifs is 3. The van der Waals surface area contributed by atoms with Crippen molar-refractivity contribution in [3.05, 3.63) is 95.6 Å². The molecule has 2 amide bonds. The number of nitrogens with one attached hydrogen (secondary N) is 1. The van der Waals surface area contributed by atoms with Gasteiger partial charge in [-0.3, -0.25) is 0 Å². The van der Waals surface area contributed by atoms with Crippen LogP contribution in [0.25, 0.3) is 11.1 Å². The van der Waals surface area contributed by atoms with Crippen LogP contribution in [0.1, 0.15) is 29.0 Å². The van der Waals surface area contributed by atoms with Crippen LogP contribution in [0.2, 0.25) is 0 Å². The minimum atomic E-state index is -0.659. The van der Waals surface area contributed by atoms with Crippen LogP contribution in [0, 0.1) is 0 Å². The van der Waals surface area contributed by atoms with E-state index in [2.05, 4.69) is 29.6 Å². The predicted octanol–water partition coefficient (Wildman–Crippen LogP) is 4.30. The molecule has 1 heterocycles. The maximum absolute atomic E-state index is 12.6. The van der Waals surface area contributed by atoms with Crippen molar-refractivity contribution in [1.82, 2.24) is 10.2 Å². The predicted molar refractivity (Wildman–Crippen MR) is 131 cm³/mol. The summed E-state index contributed by atoms with van der Waals surface area (Å²) in [6, 6.07) is 25.4. The van der Waals surface area contributed by atoms with Gasteiger partial charge < -0.3 is 24.8 Å². The van der Waals surface area contributed by atoms with Gasteiger partial charge in [0.15, 0.2) is 0 Å². The van der Waals surface area contributed by atoms with Crippen molar-refractivity contribution in [3.8, 4) is 11.1 Å². The van der Waals surface area contributed by atoms with Gasteiger partial charge in [-0.25, -0.2) is 9.59 Å². The normalized spacial score (nSPS) is 18.6. The first-order valence-corrected chi connectivity index (χ1v) is 11.8. The minimum absolute atomic E-state index is 0.0223. The van der Waals surface area contributed by atoms with Crippen LogP contribution in [0.3, 0.4) is 0 Å². The van der Waals surface area contributed by atoms with Gasteiger partial charge >= 0.3 is 12.2 Å². The van der Waals surface area contributed by atoms with Gasteiger partial charge in [-0.05, 0) is 34.2 Å². The maximum atomic E-state index is 12.6. The first-order chi connectivity index (χ1) is 17.1. The number of rotatable bonds is 6. The fourth-order valence-electron chi connectivity index (χ4n) is 4.96. The Hall–Kier alpha value is -3.84. The molecule has 0 saturated carbocycles. The number of alkyl carbamates (subject to hydrolysis) is 1. The Kier molecular flexibility index (Phi) is 6.68. The van der Waals surface area contributed by atoms with Crippen molar-refractivity contribution in [3.63, 3.8) is 0 Å². The summed E-state index contributed by atoms with van der Waals surface area (Å²) in [6.45, 7) is 0.716. The van der Waals surface area contributed by atoms with E-state index in [4.69, 9.17) is 9.47 Å². The summed E-state index contributed by atoms with van der Waals surface area (Å²) >= 11 is 0. The van der Waals surface area contributed by atoms with Crippen molar-refractivity contribution in [1.29, 1.82) is 0 Å². The molecule has 0 unspecified atom stereocenters. The van der Waals surface area contributed by atoms with Gasteiger partial charge in [-0.2, -0.15) is 0 Å². The van der Waals surface area contributed by atoms with Crippen LogP contribution >= 0.6 is 0 Å². The summed E-state index contributed by atoms with van der Waals surface area (Å²) in [5.41, 5.74) is 5.51. The third-order valence-corrected chi connectivity index (χ3v) is 6.66. The van der Waals surface area contributed by atoms with Crippen molar-refractivity contribution in [2.24, 2.45) is 0 Å². The highest BCUT2D eigenvalue weighted by Crippen LogP contribution is 2.44. The lowest BCUT2D eigenvalue weighted by Gasteiger charge is -2.24. The van der Waals surface area contributed by atoms with Gasteiger partial charge in [0, 0.05) is 12.5 Å². The molecule has 1 fully saturated rings. The Morgan fingerprint density at radius 2 is 1.51 bits per heavy atom. The number of hydrogen-bond acceptors (Lipinski definition) is 5. The van der Waals surface area contributed by atoms with Crippen LogP contribution < -0.4 is 5.32 Å². The van der Waals surface area contributed by atoms with E-state index < -0.39 is 18.3 Å². The van der Waals surface area contributed by atoms with Crippen molar-refractivity contribution < 1.29 is 24.2 Å². The molecule has 2 atom stereocenters. The largest absolute Gasteiger partial charge is 0.449 e. The molecule has 2 N–H and O–H groups in total. The molecule has 3 aromatic carbocycles. The molecule has 180 valence electrons. The van der Waals surface area contributed by atoms with E-state index in [1.54, 1.807) is 0 Å². The fourth-order valence-corrected chi connectivity index (χ4v) is 4.96. The molecule has 0 aromatic heterocycles. The van der Waals surface area contributed by atoms with Crippen LogP contribution in [-0.4, -0.2) is 54.0 Å². The van der Waals surface area contributed by atoms with Gasteiger partial charge in [0.1, 0.15) is 13.2 Å². The zero-order valence-corrected chi connectivity index (χ0v) is 19.3. The second-order valence-electron chi connectivity index (χ2n) is 8.94. The number of carbonyl (C=O) groups excluding carboxylic acids is 2. The van der Waals surface area contributed by atoms with Crippen LogP contribution in [0.15, 0.2) is 78.9 Å². The number of β-amino-alcohol motifs (C(OH)–C–C–N with tert-alkyl or cyclic N) is 1. The van der Waals surface area contributed by atoms with Crippen LogP contribution in [-0.2, 0) is 16.1 Å². The van der Waals surface area contributed by atoms with Gasteiger partial charge in [-0.1, -0.05) is 78.9 Å². The third-order valence-electron chi connectivity index (χ3n) is 6.66. The van der Waals surface area contributed by atoms with Gasteiger partial charge in [0.25, 0.3) is 0 Å². The van der Waals surface area contributed by atoms with E-state index in [1.165, 1.54) is 16.0 Å². The van der Waals surface area contributed by atoms with E-state index in [1.807, 2.05) is 54.6 Å². The number of aliphatic hydroxyl groups excluding tert-OH is 1. The number of ether oxygens (including phenoxy) is 2. The van der Waals surface area contributed by atoms with Crippen molar-refractivity contribution in [2.45, 2.75) is 31.1 Å². The molecule has 2 aliphatic rings. The molecule has 0 radical (unpaired) electrons. The lowest BCUT2D eigenvalue weighted by Crippen LogP contribution is -2.43. The van der Waals surface area contributed by atoms with E-state index in [0.717, 1.165) is 16.7 Å². The van der Waals surface area contributed by atoms with E-state index in [9.17, 15) is 14.7 Å². The highest BCUT2D eigenvalue weighted by atomic mass is 16.6. The third kappa shape index (κ3) is 5.00. The van der Waals surface area contributed by atoms with Crippen LogP contribution in [0.4, 0.5) is 9.59 Å². The van der Waals surface area contributed by atoms with E-state index >= 15 is 0 Å². The molecule has 1 aliphatic heterocycles. The highest BCUT2D eigenvalue weighted by Gasteiger charge is 2.36. The number of amides is 2. The number of aliphatic hydroxyl groups is 1. The lowest BCUT2D eigenvalue weighted by atomic mass is 9.98. The Labute approximate surface area is 204 Å². The van der Waals surface area contributed by atoms with Crippen molar-refractivity contribution in [2.75, 3.05) is 19.7 Å². The molecule has 3 aromatic rings. The highest BCUT2D eigenvalue weighted by molar-refractivity contribution is 5.79. The Morgan fingerprint density at radius 1 is 0.886 bits per heavy atom. The number of benzene rings is 3. The molecule has 5 rings (SSSR count). The second kappa shape index (κ2) is 10.2. The Balaban J connectivity index is 1.15. The first kappa shape index (κ1) is 22.9. The fraction of sp³-hybridized carbons (Fsp3) is 0.286. The molecule has 7 heteroatoms. The first-order valence-electron chi connectivity index (χ1n) is 11.8. The Bertz CT molecular complexity index is 1150. The zero-order chi connectivity index (χ0) is 24.2. The summed E-state index contributed by atoms with van der Waals surface area (Å²) < 4.78 is 11.0. The molecule has 1 aliphatic carbocycles. The second-order valence-corrected chi connectivity index (χ2v) is 8.94. The SMILES string of the molecule is O=C(NC[C@H]1C[C@@H](O)CN1C(=O)OCc1ccccc1)OCC1c2ccccc2-c2ccccc21. The van der Waals surface area contributed by atoms with Gasteiger partial charge in [0.05, 0.1) is 18.7 Å². The number of likely N-dealkylation sites (tertiary alicyclic amines) is 1. The molecule has 0 bridgehead atoms. The Morgan fingerprint density at radius 3 is 2.20 bits per heavy atom. The number of hydrogen-bond donors (Lipinski definition) is 2. The summed E-state index contributed by atoms with van der Waals surface area (Å²) in [7, 11) is 0. The molecular formula is C28H28N2O5. The molecule has 0 spiro atoms. The smallest absolute Gasteiger partial charge is 0.410 e. The van der Waals surface area contributed by atoms with Crippen LogP contribution in [0.5, 0.6) is 0 Å². The van der Waals surface area contributed by atoms with Gasteiger partial charge in [-0.15, -0.1) is 0 Å². The van der Waals surface area contributed by atoms with Crippen molar-refractivity contribution >= 4 is 12.2 Å². The number of nitrogens with zero attached hydrogens (tertiary/aromatic N) is 1. The standard InChI is InChI=1S/C28H28N2O5/c31-21-14-20(30(16-21)28(33)35-17-19-8-2-1-3-9-19)15-29-27(32)34-18-26-24-12-6-4-10-22(24)23-11-5-7-13-25(23)26/h1-13,20-21,26,31H,14-18H2,(H,29,32)/t20-,21-/m1/s1. The maximum Gasteiger partial charge on any atom is 0.410 e. The zero-order valence-electron chi connectivity index (χ0n) is 19.3. The van der Waals surface area contributed by atoms with E-state index in [0.29, 0.717) is 6.42 Å². The molecule has 1 saturated heterocycles. The molecule has 7 nitrogen and oxygen atoms in total. The quantitative estimate of drug-likeness (QED) is 0.559. The summed E-state index contributed by atoms with van der Waals surface area (Å²) in [6.07, 6.45) is -1.35. The lowest BCUT2D eigenvalue weighted by molar-refractivity contribution is 0.0865. The minimum Gasteiger partial charge on any atom is -0.449 e. The summed E-state index contributed by atoms with van der Waals surface area (Å²) in [5, 5.41) is 12.9. The molecular weight excluding hydrogens is 444 g/mol.